The highest BCUT2D eigenvalue weighted by atomic mass is 16.6. The summed E-state index contributed by atoms with van der Waals surface area (Å²) in [5.41, 5.74) is 1.69. The SMILES string of the molecule is Cn1c(C(=O)OC(C)(C)C)cnc1CN1CC[C@H](n2c(=O)n(-c3ccc(O)cc3)c3cccnc32)C1. The second-order valence-electron chi connectivity index (χ2n) is 10.1. The number of hydrogen-bond donors (Lipinski definition) is 1. The van der Waals surface area contributed by atoms with Crippen molar-refractivity contribution < 1.29 is 14.6 Å². The molecule has 1 aliphatic rings. The molecule has 4 heterocycles. The van der Waals surface area contributed by atoms with Crippen LogP contribution in [-0.4, -0.2) is 58.3 Å². The molecule has 0 spiro atoms. The number of phenolic OH excluding ortho intramolecular Hbond substituents is 1. The van der Waals surface area contributed by atoms with Crippen molar-refractivity contribution >= 4 is 17.1 Å². The summed E-state index contributed by atoms with van der Waals surface area (Å²) in [4.78, 5) is 37.3. The topological polar surface area (TPSA) is 107 Å². The van der Waals surface area contributed by atoms with Crippen molar-refractivity contribution in [2.45, 2.75) is 45.4 Å². The Bertz CT molecular complexity index is 1480. The van der Waals surface area contributed by atoms with Crippen molar-refractivity contribution in [3.05, 3.63) is 70.8 Å². The molecular formula is C26H30N6O4. The van der Waals surface area contributed by atoms with E-state index >= 15 is 0 Å². The number of carbonyl (C=O) groups is 1. The van der Waals surface area contributed by atoms with Crippen LogP contribution in [0.1, 0.15) is 49.5 Å². The predicted octanol–water partition coefficient (Wildman–Crippen LogP) is 3.03. The summed E-state index contributed by atoms with van der Waals surface area (Å²) in [6, 6.07) is 10.2. The van der Waals surface area contributed by atoms with E-state index in [4.69, 9.17) is 4.74 Å². The van der Waals surface area contributed by atoms with E-state index < -0.39 is 11.6 Å². The van der Waals surface area contributed by atoms with Gasteiger partial charge in [-0.3, -0.25) is 14.0 Å². The van der Waals surface area contributed by atoms with E-state index in [-0.39, 0.29) is 17.5 Å². The van der Waals surface area contributed by atoms with Crippen molar-refractivity contribution in [1.29, 1.82) is 0 Å². The molecule has 1 aliphatic heterocycles. The van der Waals surface area contributed by atoms with Gasteiger partial charge in [0.1, 0.15) is 22.9 Å². The van der Waals surface area contributed by atoms with Crippen LogP contribution in [0.5, 0.6) is 5.75 Å². The maximum absolute atomic E-state index is 13.6. The van der Waals surface area contributed by atoms with E-state index in [9.17, 15) is 14.7 Å². The normalized spacial score (nSPS) is 16.6. The Hall–Kier alpha value is -3.92. The molecule has 36 heavy (non-hydrogen) atoms. The molecule has 1 atom stereocenters. The first-order valence-corrected chi connectivity index (χ1v) is 12.0. The van der Waals surface area contributed by atoms with Crippen LogP contribution >= 0.6 is 0 Å². The lowest BCUT2D eigenvalue weighted by Gasteiger charge is -2.20. The van der Waals surface area contributed by atoms with E-state index in [1.165, 1.54) is 0 Å². The van der Waals surface area contributed by atoms with Gasteiger partial charge in [0.25, 0.3) is 0 Å². The highest BCUT2D eigenvalue weighted by Gasteiger charge is 2.30. The Morgan fingerprint density at radius 3 is 2.64 bits per heavy atom. The van der Waals surface area contributed by atoms with Crippen LogP contribution in [0.15, 0.2) is 53.6 Å². The van der Waals surface area contributed by atoms with Gasteiger partial charge in [0.15, 0.2) is 5.65 Å². The Morgan fingerprint density at radius 1 is 1.17 bits per heavy atom. The highest BCUT2D eigenvalue weighted by molar-refractivity contribution is 5.87. The van der Waals surface area contributed by atoms with Crippen molar-refractivity contribution in [3.8, 4) is 11.4 Å². The minimum atomic E-state index is -0.579. The number of pyridine rings is 1. The van der Waals surface area contributed by atoms with Crippen LogP contribution < -0.4 is 5.69 Å². The fourth-order valence-corrected chi connectivity index (χ4v) is 4.71. The van der Waals surface area contributed by atoms with E-state index in [1.54, 1.807) is 50.4 Å². The van der Waals surface area contributed by atoms with E-state index in [0.717, 1.165) is 24.3 Å². The Morgan fingerprint density at radius 2 is 1.92 bits per heavy atom. The fraction of sp³-hybridized carbons (Fsp3) is 0.385. The third-order valence-electron chi connectivity index (χ3n) is 6.41. The van der Waals surface area contributed by atoms with Gasteiger partial charge in [0.05, 0.1) is 30.0 Å². The molecule has 3 aromatic heterocycles. The van der Waals surface area contributed by atoms with Gasteiger partial charge >= 0.3 is 11.7 Å². The molecule has 10 heteroatoms. The zero-order chi connectivity index (χ0) is 25.6. The molecule has 0 aliphatic carbocycles. The molecule has 0 unspecified atom stereocenters. The molecule has 5 rings (SSSR count). The molecule has 188 valence electrons. The molecule has 1 aromatic carbocycles. The first-order chi connectivity index (χ1) is 17.1. The molecule has 0 amide bonds. The second-order valence-corrected chi connectivity index (χ2v) is 10.1. The zero-order valence-corrected chi connectivity index (χ0v) is 20.9. The average molecular weight is 491 g/mol. The second kappa shape index (κ2) is 8.94. The van der Waals surface area contributed by atoms with Crippen molar-refractivity contribution in [1.82, 2.24) is 28.6 Å². The van der Waals surface area contributed by atoms with Crippen molar-refractivity contribution in [2.75, 3.05) is 13.1 Å². The molecule has 0 saturated carbocycles. The van der Waals surface area contributed by atoms with Gasteiger partial charge in [0, 0.05) is 26.3 Å². The number of benzene rings is 1. The summed E-state index contributed by atoms with van der Waals surface area (Å²) in [6.07, 6.45) is 4.03. The lowest BCUT2D eigenvalue weighted by molar-refractivity contribution is 0.00584. The van der Waals surface area contributed by atoms with Gasteiger partial charge in [-0.1, -0.05) is 0 Å². The zero-order valence-electron chi connectivity index (χ0n) is 20.9. The van der Waals surface area contributed by atoms with Crippen molar-refractivity contribution in [3.63, 3.8) is 0 Å². The summed E-state index contributed by atoms with van der Waals surface area (Å²) in [7, 11) is 1.81. The van der Waals surface area contributed by atoms with E-state index in [2.05, 4.69) is 14.9 Å². The van der Waals surface area contributed by atoms with E-state index in [0.29, 0.717) is 30.1 Å². The van der Waals surface area contributed by atoms with Gasteiger partial charge in [0.2, 0.25) is 0 Å². The lowest BCUT2D eigenvalue weighted by Crippen LogP contribution is -2.29. The third kappa shape index (κ3) is 4.39. The van der Waals surface area contributed by atoms with E-state index in [1.807, 2.05) is 40.0 Å². The molecule has 0 bridgehead atoms. The number of rotatable bonds is 5. The Kier molecular flexibility index (Phi) is 5.91. The Balaban J connectivity index is 1.39. The number of aromatic hydroxyl groups is 1. The number of imidazole rings is 2. The molecule has 1 saturated heterocycles. The maximum Gasteiger partial charge on any atom is 0.357 e. The quantitative estimate of drug-likeness (QED) is 0.429. The lowest BCUT2D eigenvalue weighted by atomic mass is 10.2. The van der Waals surface area contributed by atoms with Crippen LogP contribution in [0.3, 0.4) is 0 Å². The van der Waals surface area contributed by atoms with Crippen molar-refractivity contribution in [2.24, 2.45) is 7.05 Å². The van der Waals surface area contributed by atoms with Gasteiger partial charge in [-0.15, -0.1) is 0 Å². The molecule has 0 radical (unpaired) electrons. The number of phenols is 1. The number of likely N-dealkylation sites (tertiary alicyclic amines) is 1. The smallest absolute Gasteiger partial charge is 0.357 e. The van der Waals surface area contributed by atoms with Crippen LogP contribution in [0.25, 0.3) is 16.9 Å². The van der Waals surface area contributed by atoms with Crippen LogP contribution in [0.4, 0.5) is 0 Å². The highest BCUT2D eigenvalue weighted by Crippen LogP contribution is 2.27. The number of fused-ring (bicyclic) bond motifs is 1. The number of carbonyl (C=O) groups excluding carboxylic acids is 1. The number of aromatic nitrogens is 5. The predicted molar refractivity (Wildman–Crippen MR) is 134 cm³/mol. The summed E-state index contributed by atoms with van der Waals surface area (Å²) < 4.78 is 10.7. The molecule has 1 fully saturated rings. The van der Waals surface area contributed by atoms with Crippen LogP contribution in [0, 0.1) is 0 Å². The summed E-state index contributed by atoms with van der Waals surface area (Å²) in [5, 5.41) is 9.67. The molecule has 4 aromatic rings. The summed E-state index contributed by atoms with van der Waals surface area (Å²) >= 11 is 0. The number of nitrogens with zero attached hydrogens (tertiary/aromatic N) is 6. The largest absolute Gasteiger partial charge is 0.508 e. The van der Waals surface area contributed by atoms with Crippen LogP contribution in [0.2, 0.25) is 0 Å². The maximum atomic E-state index is 13.6. The van der Waals surface area contributed by atoms with Gasteiger partial charge in [-0.25, -0.2) is 19.6 Å². The average Bonchev–Trinajstić information content (AvgIpc) is 3.49. The monoisotopic (exact) mass is 490 g/mol. The standard InChI is InChI=1S/C26H30N6O4/c1-26(2,3)36-24(34)21-14-28-22(29(21)4)16-30-13-11-18(15-30)32-23-20(6-5-12-27-23)31(25(32)35)17-7-9-19(33)10-8-17/h5-10,12,14,18,33H,11,13,15-16H2,1-4H3/t18-/m0/s1. The first-order valence-electron chi connectivity index (χ1n) is 12.0. The molecule has 10 nitrogen and oxygen atoms in total. The van der Waals surface area contributed by atoms with Crippen LogP contribution in [-0.2, 0) is 18.3 Å². The first kappa shape index (κ1) is 23.8. The third-order valence-corrected chi connectivity index (χ3v) is 6.41. The number of ether oxygens (including phenoxy) is 1. The number of esters is 1. The Labute approximate surface area is 208 Å². The molecular weight excluding hydrogens is 460 g/mol. The van der Waals surface area contributed by atoms with Gasteiger partial charge in [-0.2, -0.15) is 0 Å². The van der Waals surface area contributed by atoms with Gasteiger partial charge < -0.3 is 14.4 Å². The minimum absolute atomic E-state index is 0.0566. The number of hydrogen-bond acceptors (Lipinski definition) is 7. The fourth-order valence-electron chi connectivity index (χ4n) is 4.71. The van der Waals surface area contributed by atoms with Gasteiger partial charge in [-0.05, 0) is 63.6 Å². The molecule has 1 N–H and O–H groups in total. The summed E-state index contributed by atoms with van der Waals surface area (Å²) in [5.74, 6) is 0.500. The minimum Gasteiger partial charge on any atom is -0.508 e. The summed E-state index contributed by atoms with van der Waals surface area (Å²) in [6.45, 7) is 7.49.